The topological polar surface area (TPSA) is 95.9 Å². The van der Waals surface area contributed by atoms with Crippen LogP contribution in [0.4, 0.5) is 0 Å². The summed E-state index contributed by atoms with van der Waals surface area (Å²) in [6, 6.07) is -0.545. The normalized spacial score (nSPS) is 12.7. The van der Waals surface area contributed by atoms with Crippen molar-refractivity contribution in [1.82, 2.24) is 5.32 Å². The van der Waals surface area contributed by atoms with Crippen molar-refractivity contribution in [3.05, 3.63) is 12.2 Å². The minimum Gasteiger partial charge on any atom is -0.466 e. The van der Waals surface area contributed by atoms with Gasteiger partial charge in [0.05, 0.1) is 25.4 Å². The fourth-order valence-corrected chi connectivity index (χ4v) is 8.05. The first-order chi connectivity index (χ1) is 28.5. The van der Waals surface area contributed by atoms with Crippen LogP contribution in [0.5, 0.6) is 0 Å². The first-order valence-corrected chi connectivity index (χ1v) is 25.9. The number of aliphatic hydroxyl groups is 2. The summed E-state index contributed by atoms with van der Waals surface area (Å²) in [6.07, 6.45) is 54.6. The highest BCUT2D eigenvalue weighted by atomic mass is 16.5. The molecule has 0 aliphatic heterocycles. The molecule has 58 heavy (non-hydrogen) atoms. The Kier molecular flexibility index (Phi) is 47.1. The Balaban J connectivity index is 3.42. The molecule has 0 radical (unpaired) electrons. The molecular weight excluding hydrogens is 719 g/mol. The largest absolute Gasteiger partial charge is 0.466 e. The number of amides is 1. The van der Waals surface area contributed by atoms with Gasteiger partial charge in [-0.1, -0.05) is 231 Å². The minimum atomic E-state index is -0.667. The zero-order valence-electron chi connectivity index (χ0n) is 39.0. The van der Waals surface area contributed by atoms with Crippen LogP contribution in [0.1, 0.15) is 284 Å². The molecule has 2 atom stereocenters. The van der Waals surface area contributed by atoms with E-state index < -0.39 is 12.1 Å². The predicted octanol–water partition coefficient (Wildman–Crippen LogP) is 15.3. The summed E-state index contributed by atoms with van der Waals surface area (Å²) >= 11 is 0. The standard InChI is InChI=1S/C52H101NO5/c1-3-5-7-9-11-13-15-21-24-28-32-36-40-44-50(55)49(48-54)53-51(56)45-41-37-33-29-25-22-19-17-18-20-23-27-31-35-39-43-47-58-52(57)46-42-38-34-30-26-16-14-12-10-8-6-4-2/h12,14,49-50,54-55H,3-11,13,15-48H2,1-2H3,(H,53,56)/b14-12-. The van der Waals surface area contributed by atoms with E-state index in [0.29, 0.717) is 25.9 Å². The lowest BCUT2D eigenvalue weighted by atomic mass is 10.0. The van der Waals surface area contributed by atoms with Gasteiger partial charge in [0.15, 0.2) is 0 Å². The van der Waals surface area contributed by atoms with Crippen molar-refractivity contribution < 1.29 is 24.5 Å². The Morgan fingerprint density at radius 1 is 0.466 bits per heavy atom. The number of hydrogen-bond acceptors (Lipinski definition) is 5. The fraction of sp³-hybridized carbons (Fsp3) is 0.923. The third-order valence-corrected chi connectivity index (χ3v) is 12.1. The van der Waals surface area contributed by atoms with Gasteiger partial charge < -0.3 is 20.3 Å². The average Bonchev–Trinajstić information content (AvgIpc) is 3.22. The van der Waals surface area contributed by atoms with Crippen LogP contribution in [0.15, 0.2) is 12.2 Å². The van der Waals surface area contributed by atoms with Gasteiger partial charge in [0.1, 0.15) is 0 Å². The monoisotopic (exact) mass is 820 g/mol. The van der Waals surface area contributed by atoms with Gasteiger partial charge in [0.2, 0.25) is 5.91 Å². The van der Waals surface area contributed by atoms with Crippen LogP contribution in [-0.4, -0.2) is 47.4 Å². The number of carbonyl (C=O) groups excluding carboxylic acids is 2. The van der Waals surface area contributed by atoms with E-state index in [1.165, 1.54) is 205 Å². The molecular formula is C52H101NO5. The lowest BCUT2D eigenvalue weighted by Gasteiger charge is -2.22. The van der Waals surface area contributed by atoms with Gasteiger partial charge in [-0.15, -0.1) is 0 Å². The van der Waals surface area contributed by atoms with E-state index in [2.05, 4.69) is 31.3 Å². The first kappa shape index (κ1) is 56.6. The second kappa shape index (κ2) is 48.3. The molecule has 0 saturated carbocycles. The number of allylic oxidation sites excluding steroid dienone is 2. The molecule has 0 aromatic heterocycles. The van der Waals surface area contributed by atoms with E-state index in [9.17, 15) is 19.8 Å². The number of rotatable bonds is 48. The Morgan fingerprint density at radius 3 is 1.26 bits per heavy atom. The second-order valence-electron chi connectivity index (χ2n) is 17.9. The molecule has 6 nitrogen and oxygen atoms in total. The summed E-state index contributed by atoms with van der Waals surface area (Å²) in [7, 11) is 0. The van der Waals surface area contributed by atoms with Crippen LogP contribution >= 0.6 is 0 Å². The smallest absolute Gasteiger partial charge is 0.305 e. The molecule has 0 heterocycles. The molecule has 2 unspecified atom stereocenters. The van der Waals surface area contributed by atoms with Crippen molar-refractivity contribution in [2.24, 2.45) is 0 Å². The van der Waals surface area contributed by atoms with Crippen molar-refractivity contribution in [3.8, 4) is 0 Å². The number of aliphatic hydroxyl groups excluding tert-OH is 2. The highest BCUT2D eigenvalue weighted by Crippen LogP contribution is 2.17. The lowest BCUT2D eigenvalue weighted by molar-refractivity contribution is -0.143. The van der Waals surface area contributed by atoms with E-state index in [1.807, 2.05) is 0 Å². The van der Waals surface area contributed by atoms with Crippen LogP contribution in [0, 0.1) is 0 Å². The van der Waals surface area contributed by atoms with Gasteiger partial charge in [-0.05, 0) is 51.4 Å². The molecule has 0 rings (SSSR count). The van der Waals surface area contributed by atoms with E-state index in [4.69, 9.17) is 4.74 Å². The zero-order chi connectivity index (χ0) is 42.3. The maximum atomic E-state index is 12.4. The number of ether oxygens (including phenoxy) is 1. The maximum absolute atomic E-state index is 12.4. The predicted molar refractivity (Wildman–Crippen MR) is 250 cm³/mol. The van der Waals surface area contributed by atoms with Crippen molar-refractivity contribution in [3.63, 3.8) is 0 Å². The van der Waals surface area contributed by atoms with Crippen LogP contribution in [0.2, 0.25) is 0 Å². The summed E-state index contributed by atoms with van der Waals surface area (Å²) in [5.74, 6) is -0.0484. The first-order valence-electron chi connectivity index (χ1n) is 25.9. The SMILES string of the molecule is CCCCC/C=C\CCCCCCCC(=O)OCCCCCCCCCCCCCCCCCCC(=O)NC(CO)C(O)CCCCCCCCCCCCCCC. The van der Waals surface area contributed by atoms with Crippen molar-refractivity contribution >= 4 is 11.9 Å². The summed E-state index contributed by atoms with van der Waals surface area (Å²) in [6.45, 7) is 4.91. The minimum absolute atomic E-state index is 0.00682. The number of nitrogens with one attached hydrogen (secondary N) is 1. The van der Waals surface area contributed by atoms with Crippen molar-refractivity contribution in [2.75, 3.05) is 13.2 Å². The number of hydrogen-bond donors (Lipinski definition) is 3. The highest BCUT2D eigenvalue weighted by molar-refractivity contribution is 5.76. The fourth-order valence-electron chi connectivity index (χ4n) is 8.05. The zero-order valence-corrected chi connectivity index (χ0v) is 39.0. The maximum Gasteiger partial charge on any atom is 0.305 e. The Labute approximate surface area is 361 Å². The molecule has 0 saturated heterocycles. The molecule has 0 bridgehead atoms. The van der Waals surface area contributed by atoms with Crippen LogP contribution < -0.4 is 5.32 Å². The quantitative estimate of drug-likeness (QED) is 0.0323. The van der Waals surface area contributed by atoms with Gasteiger partial charge in [0.25, 0.3) is 0 Å². The summed E-state index contributed by atoms with van der Waals surface area (Å²) in [5, 5.41) is 23.2. The third-order valence-electron chi connectivity index (χ3n) is 12.1. The molecule has 6 heteroatoms. The lowest BCUT2D eigenvalue weighted by Crippen LogP contribution is -2.45. The van der Waals surface area contributed by atoms with E-state index in [0.717, 1.165) is 44.9 Å². The van der Waals surface area contributed by atoms with Crippen LogP contribution in [0.25, 0.3) is 0 Å². The summed E-state index contributed by atoms with van der Waals surface area (Å²) in [5.41, 5.74) is 0. The van der Waals surface area contributed by atoms with E-state index in [1.54, 1.807) is 0 Å². The summed E-state index contributed by atoms with van der Waals surface area (Å²) < 4.78 is 5.45. The Hall–Kier alpha value is -1.40. The van der Waals surface area contributed by atoms with Gasteiger partial charge >= 0.3 is 5.97 Å². The average molecular weight is 820 g/mol. The molecule has 0 aromatic rings. The molecule has 0 fully saturated rings. The van der Waals surface area contributed by atoms with Crippen molar-refractivity contribution in [1.29, 1.82) is 0 Å². The van der Waals surface area contributed by atoms with Gasteiger partial charge in [0, 0.05) is 12.8 Å². The molecule has 0 spiro atoms. The molecule has 1 amide bonds. The Bertz CT molecular complexity index is 863. The molecule has 344 valence electrons. The van der Waals surface area contributed by atoms with Crippen LogP contribution in [-0.2, 0) is 14.3 Å². The molecule has 0 aliphatic carbocycles. The van der Waals surface area contributed by atoms with Crippen LogP contribution in [0.3, 0.4) is 0 Å². The third kappa shape index (κ3) is 44.2. The van der Waals surface area contributed by atoms with E-state index >= 15 is 0 Å². The Morgan fingerprint density at radius 2 is 0.810 bits per heavy atom. The van der Waals surface area contributed by atoms with Gasteiger partial charge in [-0.3, -0.25) is 9.59 Å². The highest BCUT2D eigenvalue weighted by Gasteiger charge is 2.20. The molecule has 0 aliphatic rings. The van der Waals surface area contributed by atoms with Crippen molar-refractivity contribution in [2.45, 2.75) is 296 Å². The second-order valence-corrected chi connectivity index (χ2v) is 17.9. The number of carbonyl (C=O) groups is 2. The molecule has 3 N–H and O–H groups in total. The van der Waals surface area contributed by atoms with Gasteiger partial charge in [-0.25, -0.2) is 0 Å². The summed E-state index contributed by atoms with van der Waals surface area (Å²) in [4.78, 5) is 24.4. The number of unbranched alkanes of at least 4 members (excludes halogenated alkanes) is 35. The number of esters is 1. The van der Waals surface area contributed by atoms with E-state index in [-0.39, 0.29) is 18.5 Å². The molecule has 0 aromatic carbocycles. The van der Waals surface area contributed by atoms with Gasteiger partial charge in [-0.2, -0.15) is 0 Å².